The molecule has 1 N–H and O–H groups in total. The van der Waals surface area contributed by atoms with Crippen LogP contribution in [0.1, 0.15) is 26.7 Å². The second kappa shape index (κ2) is 6.56. The summed E-state index contributed by atoms with van der Waals surface area (Å²) in [6.07, 6.45) is 8.25. The van der Waals surface area contributed by atoms with Gasteiger partial charge in [-0.2, -0.15) is 0 Å². The number of unbranched alkanes of at least 4 members (excludes halogenated alkanes) is 1. The van der Waals surface area contributed by atoms with Gasteiger partial charge in [0.05, 0.1) is 6.61 Å². The maximum Gasteiger partial charge on any atom is 0.0678 e. The smallest absolute Gasteiger partial charge is 0.0678 e. The van der Waals surface area contributed by atoms with E-state index in [0.717, 1.165) is 12.0 Å². The summed E-state index contributed by atoms with van der Waals surface area (Å²) in [5.74, 6) is 0. The van der Waals surface area contributed by atoms with Gasteiger partial charge in [0.1, 0.15) is 0 Å². The third-order valence-electron chi connectivity index (χ3n) is 1.34. The van der Waals surface area contributed by atoms with Crippen molar-refractivity contribution >= 4 is 0 Å². The quantitative estimate of drug-likeness (QED) is 0.594. The second-order valence-corrected chi connectivity index (χ2v) is 2.21. The summed E-state index contributed by atoms with van der Waals surface area (Å²) < 4.78 is 0. The Balaban J connectivity index is 3.63. The van der Waals surface area contributed by atoms with Crippen molar-refractivity contribution < 1.29 is 5.11 Å². The number of allylic oxidation sites excluding steroid dienone is 2. The van der Waals surface area contributed by atoms with E-state index >= 15 is 0 Å². The topological polar surface area (TPSA) is 20.2 Å². The zero-order valence-corrected chi connectivity index (χ0v) is 6.80. The van der Waals surface area contributed by atoms with Crippen molar-refractivity contribution in [1.29, 1.82) is 0 Å². The molecule has 0 amide bonds. The summed E-state index contributed by atoms with van der Waals surface area (Å²) in [6.45, 7) is 4.22. The van der Waals surface area contributed by atoms with E-state index in [1.807, 2.05) is 19.1 Å². The molecular weight excluding hydrogens is 124 g/mol. The fraction of sp³-hybridized carbons (Fsp3) is 0.556. The van der Waals surface area contributed by atoms with E-state index in [0.29, 0.717) is 0 Å². The molecule has 0 rings (SSSR count). The lowest BCUT2D eigenvalue weighted by molar-refractivity contribution is 0.334. The number of aliphatic hydroxyl groups excluding tert-OH is 1. The second-order valence-electron chi connectivity index (χ2n) is 2.21. The zero-order valence-electron chi connectivity index (χ0n) is 6.80. The fourth-order valence-corrected chi connectivity index (χ4v) is 0.642. The normalized spacial score (nSPS) is 12.9. The van der Waals surface area contributed by atoms with Gasteiger partial charge >= 0.3 is 0 Å². The van der Waals surface area contributed by atoms with Crippen molar-refractivity contribution in [2.75, 3.05) is 6.61 Å². The summed E-state index contributed by atoms with van der Waals surface area (Å²) >= 11 is 0. The first-order chi connectivity index (χ1) is 4.85. The average molecular weight is 140 g/mol. The summed E-state index contributed by atoms with van der Waals surface area (Å²) in [5.41, 5.74) is 0.994. The van der Waals surface area contributed by atoms with Crippen LogP contribution in [-0.4, -0.2) is 11.7 Å². The SMILES string of the molecule is C/C=C(\C=C/CCC)CO. The van der Waals surface area contributed by atoms with Crippen LogP contribution < -0.4 is 0 Å². The minimum atomic E-state index is 0.150. The first-order valence-corrected chi connectivity index (χ1v) is 3.77. The molecule has 0 aromatic heterocycles. The molecule has 0 atom stereocenters. The molecule has 58 valence electrons. The Morgan fingerprint density at radius 2 is 2.20 bits per heavy atom. The Morgan fingerprint density at radius 1 is 1.50 bits per heavy atom. The summed E-state index contributed by atoms with van der Waals surface area (Å²) in [5, 5.41) is 8.71. The van der Waals surface area contributed by atoms with E-state index in [9.17, 15) is 0 Å². The molecule has 0 aliphatic heterocycles. The van der Waals surface area contributed by atoms with Crippen LogP contribution in [-0.2, 0) is 0 Å². The van der Waals surface area contributed by atoms with Crippen molar-refractivity contribution in [3.8, 4) is 0 Å². The summed E-state index contributed by atoms with van der Waals surface area (Å²) in [7, 11) is 0. The molecule has 1 nitrogen and oxygen atoms in total. The van der Waals surface area contributed by atoms with Gasteiger partial charge in [-0.05, 0) is 18.9 Å². The van der Waals surface area contributed by atoms with E-state index in [1.54, 1.807) is 0 Å². The summed E-state index contributed by atoms with van der Waals surface area (Å²) in [4.78, 5) is 0. The van der Waals surface area contributed by atoms with Gasteiger partial charge in [-0.3, -0.25) is 0 Å². The molecular formula is C9H16O. The zero-order chi connectivity index (χ0) is 7.82. The molecule has 0 aliphatic carbocycles. The predicted molar refractivity (Wildman–Crippen MR) is 44.9 cm³/mol. The van der Waals surface area contributed by atoms with Crippen molar-refractivity contribution in [2.24, 2.45) is 0 Å². The molecule has 0 aliphatic rings. The Bertz CT molecular complexity index is 123. The summed E-state index contributed by atoms with van der Waals surface area (Å²) in [6, 6.07) is 0. The van der Waals surface area contributed by atoms with Crippen molar-refractivity contribution in [1.82, 2.24) is 0 Å². The Hall–Kier alpha value is -0.560. The highest BCUT2D eigenvalue weighted by atomic mass is 16.3. The van der Waals surface area contributed by atoms with Crippen LogP contribution in [0, 0.1) is 0 Å². The van der Waals surface area contributed by atoms with Gasteiger partial charge in [0.2, 0.25) is 0 Å². The van der Waals surface area contributed by atoms with Crippen LogP contribution >= 0.6 is 0 Å². The fourth-order valence-electron chi connectivity index (χ4n) is 0.642. The average Bonchev–Trinajstić information content (AvgIpc) is 1.99. The Kier molecular flexibility index (Phi) is 6.19. The highest BCUT2D eigenvalue weighted by Crippen LogP contribution is 1.97. The molecule has 0 bridgehead atoms. The molecule has 0 aromatic rings. The van der Waals surface area contributed by atoms with Crippen molar-refractivity contribution in [3.05, 3.63) is 23.8 Å². The molecule has 0 heterocycles. The van der Waals surface area contributed by atoms with Gasteiger partial charge in [0.25, 0.3) is 0 Å². The monoisotopic (exact) mass is 140 g/mol. The number of hydrogen-bond acceptors (Lipinski definition) is 1. The molecule has 0 spiro atoms. The van der Waals surface area contributed by atoms with Gasteiger partial charge < -0.3 is 5.11 Å². The van der Waals surface area contributed by atoms with Gasteiger partial charge in [-0.25, -0.2) is 0 Å². The lowest BCUT2D eigenvalue weighted by Crippen LogP contribution is -1.83. The minimum Gasteiger partial charge on any atom is -0.392 e. The highest BCUT2D eigenvalue weighted by Gasteiger charge is 1.83. The first kappa shape index (κ1) is 9.44. The molecule has 0 aromatic carbocycles. The third-order valence-corrected chi connectivity index (χ3v) is 1.34. The maximum atomic E-state index is 8.71. The standard InChI is InChI=1S/C9H16O/c1-3-5-6-7-9(4-2)8-10/h4,6-7,10H,3,5,8H2,1-2H3/b7-6-,9-4+. The maximum absolute atomic E-state index is 8.71. The molecule has 0 radical (unpaired) electrons. The van der Waals surface area contributed by atoms with Crippen LogP contribution in [0.15, 0.2) is 23.8 Å². The Morgan fingerprint density at radius 3 is 2.60 bits per heavy atom. The molecule has 1 heteroatoms. The van der Waals surface area contributed by atoms with Crippen LogP contribution in [0.2, 0.25) is 0 Å². The number of aliphatic hydroxyl groups is 1. The first-order valence-electron chi connectivity index (χ1n) is 3.77. The minimum absolute atomic E-state index is 0.150. The van der Waals surface area contributed by atoms with E-state index < -0.39 is 0 Å². The third kappa shape index (κ3) is 4.33. The van der Waals surface area contributed by atoms with Crippen LogP contribution in [0.5, 0.6) is 0 Å². The van der Waals surface area contributed by atoms with Crippen molar-refractivity contribution in [3.63, 3.8) is 0 Å². The lowest BCUT2D eigenvalue weighted by Gasteiger charge is -1.92. The van der Waals surface area contributed by atoms with Crippen LogP contribution in [0.25, 0.3) is 0 Å². The van der Waals surface area contributed by atoms with E-state index in [1.165, 1.54) is 6.42 Å². The van der Waals surface area contributed by atoms with E-state index in [2.05, 4.69) is 13.0 Å². The van der Waals surface area contributed by atoms with Crippen molar-refractivity contribution in [2.45, 2.75) is 26.7 Å². The lowest BCUT2D eigenvalue weighted by atomic mass is 10.2. The van der Waals surface area contributed by atoms with E-state index in [4.69, 9.17) is 5.11 Å². The molecule has 0 saturated heterocycles. The number of rotatable bonds is 4. The van der Waals surface area contributed by atoms with Gasteiger partial charge in [0.15, 0.2) is 0 Å². The molecule has 10 heavy (non-hydrogen) atoms. The van der Waals surface area contributed by atoms with Gasteiger partial charge in [0, 0.05) is 0 Å². The van der Waals surface area contributed by atoms with Crippen LogP contribution in [0.4, 0.5) is 0 Å². The van der Waals surface area contributed by atoms with Gasteiger partial charge in [-0.1, -0.05) is 31.6 Å². The van der Waals surface area contributed by atoms with Crippen LogP contribution in [0.3, 0.4) is 0 Å². The molecule has 0 unspecified atom stereocenters. The molecule has 0 fully saturated rings. The predicted octanol–water partition coefficient (Wildman–Crippen LogP) is 2.28. The highest BCUT2D eigenvalue weighted by molar-refractivity contribution is 5.17. The van der Waals surface area contributed by atoms with Gasteiger partial charge in [-0.15, -0.1) is 0 Å². The number of hydrogen-bond donors (Lipinski definition) is 1. The Labute approximate surface area is 63.1 Å². The van der Waals surface area contributed by atoms with E-state index in [-0.39, 0.29) is 6.61 Å². The molecule has 0 saturated carbocycles. The largest absolute Gasteiger partial charge is 0.392 e.